The number of carboxylic acids is 4. The Kier molecular flexibility index (Phi) is 10.7. The smallest absolute Gasteiger partial charge is 0.337 e. The highest BCUT2D eigenvalue weighted by Gasteiger charge is 2.13. The Morgan fingerprint density at radius 1 is 0.941 bits per heavy atom. The maximum absolute atomic E-state index is 11.0. The van der Waals surface area contributed by atoms with Crippen LogP contribution < -0.4 is 21.7 Å². The minimum Gasteiger partial charge on any atom is -0.545 e. The van der Waals surface area contributed by atoms with Gasteiger partial charge in [0.25, 0.3) is 0 Å². The summed E-state index contributed by atoms with van der Waals surface area (Å²) in [5.74, 6) is -3.88. The van der Waals surface area contributed by atoms with Gasteiger partial charge in [0.1, 0.15) is 0 Å². The first kappa shape index (κ1) is 28.1. The van der Waals surface area contributed by atoms with Crippen molar-refractivity contribution in [3.8, 4) is 0 Å². The van der Waals surface area contributed by atoms with Gasteiger partial charge in [0.15, 0.2) is 0 Å². The molecule has 2 aromatic carbocycles. The molecule has 34 heavy (non-hydrogen) atoms. The lowest BCUT2D eigenvalue weighted by Gasteiger charge is -2.11. The molecule has 1 unspecified atom stereocenters. The van der Waals surface area contributed by atoms with E-state index >= 15 is 0 Å². The van der Waals surface area contributed by atoms with E-state index in [4.69, 9.17) is 21.7 Å². The fourth-order valence-electron chi connectivity index (χ4n) is 2.57. The first-order chi connectivity index (χ1) is 15.8. The first-order valence-electron chi connectivity index (χ1n) is 10.5. The normalized spacial score (nSPS) is 12.8. The molecule has 1 aliphatic carbocycles. The zero-order chi connectivity index (χ0) is 26.0. The number of carbonyl (C=O) groups excluding carboxylic acids is 2. The van der Waals surface area contributed by atoms with Crippen LogP contribution in [0.4, 0.5) is 5.69 Å². The van der Waals surface area contributed by atoms with Crippen molar-refractivity contribution in [3.63, 3.8) is 0 Å². The summed E-state index contributed by atoms with van der Waals surface area (Å²) < 4.78 is 0. The van der Waals surface area contributed by atoms with Crippen molar-refractivity contribution in [2.45, 2.75) is 45.6 Å². The molecule has 10 nitrogen and oxygen atoms in total. The van der Waals surface area contributed by atoms with Crippen molar-refractivity contribution in [2.24, 2.45) is 11.7 Å². The summed E-state index contributed by atoms with van der Waals surface area (Å²) in [6.07, 6.45) is 4.00. The van der Waals surface area contributed by atoms with Gasteiger partial charge in [-0.05, 0) is 66.6 Å². The van der Waals surface area contributed by atoms with Crippen molar-refractivity contribution in [2.75, 3.05) is 5.73 Å². The van der Waals surface area contributed by atoms with E-state index in [1.165, 1.54) is 31.0 Å². The number of carbonyl (C=O) groups is 4. The van der Waals surface area contributed by atoms with E-state index in [0.29, 0.717) is 18.4 Å². The van der Waals surface area contributed by atoms with Crippen molar-refractivity contribution in [1.29, 1.82) is 0 Å². The number of nitrogen functional groups attached to an aromatic ring is 1. The lowest BCUT2D eigenvalue weighted by atomic mass is 9.98. The molecular formula is C24H28N2O8-2. The molecule has 1 atom stereocenters. The predicted octanol–water partition coefficient (Wildman–Crippen LogP) is 0.775. The molecule has 0 aromatic heterocycles. The fraction of sp³-hybridized carbons (Fsp3) is 0.333. The van der Waals surface area contributed by atoms with Gasteiger partial charge in [-0.2, -0.15) is 0 Å². The Hall–Kier alpha value is -3.92. The molecule has 0 radical (unpaired) electrons. The minimum atomic E-state index is -1.39. The first-order valence-corrected chi connectivity index (χ1v) is 10.5. The molecule has 0 amide bonds. The lowest BCUT2D eigenvalue weighted by Crippen LogP contribution is -2.23. The Bertz CT molecular complexity index is 1050. The Balaban J connectivity index is 0.000000298. The third-order valence-corrected chi connectivity index (χ3v) is 4.82. The molecule has 1 fully saturated rings. The van der Waals surface area contributed by atoms with Gasteiger partial charge < -0.3 is 41.5 Å². The molecule has 10 heteroatoms. The summed E-state index contributed by atoms with van der Waals surface area (Å²) in [7, 11) is 0. The molecule has 2 aromatic rings. The molecule has 1 saturated carbocycles. The van der Waals surface area contributed by atoms with E-state index in [2.05, 4.69) is 6.92 Å². The fourth-order valence-corrected chi connectivity index (χ4v) is 2.57. The van der Waals surface area contributed by atoms with Crippen LogP contribution in [0.25, 0.3) is 0 Å². The number of rotatable bonds is 7. The van der Waals surface area contributed by atoms with Gasteiger partial charge >= 0.3 is 11.9 Å². The van der Waals surface area contributed by atoms with E-state index in [1.807, 2.05) is 6.92 Å². The number of aromatic carboxylic acids is 4. The van der Waals surface area contributed by atoms with Crippen molar-refractivity contribution >= 4 is 29.6 Å². The predicted molar refractivity (Wildman–Crippen MR) is 120 cm³/mol. The lowest BCUT2D eigenvalue weighted by molar-refractivity contribution is -0.256. The highest BCUT2D eigenvalue weighted by molar-refractivity contribution is 5.96. The van der Waals surface area contributed by atoms with Gasteiger partial charge in [0.2, 0.25) is 0 Å². The second kappa shape index (κ2) is 12.9. The van der Waals surface area contributed by atoms with Gasteiger partial charge in [-0.25, -0.2) is 9.59 Å². The molecule has 1 aliphatic rings. The van der Waals surface area contributed by atoms with Crippen LogP contribution in [0.2, 0.25) is 0 Å². The SMILES string of the molecule is CC(N)CCc1cc(C(=O)[O-])ccc1C(=O)O.CC1CC1.Nc1cc(C(=O)[O-])ccc1C(=O)O. The maximum Gasteiger partial charge on any atom is 0.337 e. The Morgan fingerprint density at radius 3 is 1.74 bits per heavy atom. The van der Waals surface area contributed by atoms with Crippen LogP contribution in [0.5, 0.6) is 0 Å². The molecule has 0 heterocycles. The van der Waals surface area contributed by atoms with Gasteiger partial charge in [-0.15, -0.1) is 0 Å². The van der Waals surface area contributed by atoms with E-state index in [0.717, 1.165) is 24.1 Å². The molecule has 184 valence electrons. The van der Waals surface area contributed by atoms with Gasteiger partial charge in [0, 0.05) is 11.7 Å². The van der Waals surface area contributed by atoms with Crippen LogP contribution in [-0.2, 0) is 6.42 Å². The number of aryl methyl sites for hydroxylation is 1. The molecule has 0 spiro atoms. The third-order valence-electron chi connectivity index (χ3n) is 4.82. The van der Waals surface area contributed by atoms with Crippen molar-refractivity contribution < 1.29 is 39.6 Å². The summed E-state index contributed by atoms with van der Waals surface area (Å²) in [6.45, 7) is 4.09. The average molecular weight is 472 g/mol. The largest absolute Gasteiger partial charge is 0.545 e. The molecule has 0 aliphatic heterocycles. The number of carboxylic acid groups (broad SMARTS) is 4. The number of hydrogen-bond donors (Lipinski definition) is 4. The van der Waals surface area contributed by atoms with Crippen molar-refractivity contribution in [3.05, 3.63) is 64.2 Å². The van der Waals surface area contributed by atoms with Crippen LogP contribution >= 0.6 is 0 Å². The summed E-state index contributed by atoms with van der Waals surface area (Å²) in [6, 6.07) is 7.10. The quantitative estimate of drug-likeness (QED) is 0.416. The van der Waals surface area contributed by atoms with Crippen LogP contribution in [0, 0.1) is 5.92 Å². The van der Waals surface area contributed by atoms with E-state index < -0.39 is 23.9 Å². The molecule has 3 rings (SSSR count). The zero-order valence-electron chi connectivity index (χ0n) is 18.9. The minimum absolute atomic E-state index is 0.0188. The van der Waals surface area contributed by atoms with Crippen molar-refractivity contribution in [1.82, 2.24) is 0 Å². The second-order valence-corrected chi connectivity index (χ2v) is 8.06. The zero-order valence-corrected chi connectivity index (χ0v) is 18.9. The van der Waals surface area contributed by atoms with E-state index in [-0.39, 0.29) is 34.0 Å². The molecular weight excluding hydrogens is 444 g/mol. The topological polar surface area (TPSA) is 207 Å². The highest BCUT2D eigenvalue weighted by atomic mass is 16.4. The monoisotopic (exact) mass is 472 g/mol. The van der Waals surface area contributed by atoms with Crippen LogP contribution in [0.3, 0.4) is 0 Å². The second-order valence-electron chi connectivity index (χ2n) is 8.06. The Morgan fingerprint density at radius 2 is 1.38 bits per heavy atom. The Labute approximate surface area is 196 Å². The summed E-state index contributed by atoms with van der Waals surface area (Å²) in [5.41, 5.74) is 11.1. The number of nitrogens with two attached hydrogens (primary N) is 2. The summed E-state index contributed by atoms with van der Waals surface area (Å²) >= 11 is 0. The van der Waals surface area contributed by atoms with Gasteiger partial charge in [-0.3, -0.25) is 0 Å². The van der Waals surface area contributed by atoms with E-state index in [9.17, 15) is 29.4 Å². The number of hydrogen-bond acceptors (Lipinski definition) is 8. The van der Waals surface area contributed by atoms with Gasteiger partial charge in [0.05, 0.1) is 23.1 Å². The number of benzene rings is 2. The third kappa shape index (κ3) is 9.70. The molecule has 0 bridgehead atoms. The maximum atomic E-state index is 11.0. The molecule has 6 N–H and O–H groups in total. The highest BCUT2D eigenvalue weighted by Crippen LogP contribution is 2.26. The van der Waals surface area contributed by atoms with Crippen LogP contribution in [0.1, 0.15) is 80.1 Å². The van der Waals surface area contributed by atoms with Crippen LogP contribution in [-0.4, -0.2) is 40.1 Å². The molecule has 0 saturated heterocycles. The standard InChI is InChI=1S/C12H15NO4.C8H7NO4.C4H8/c1-7(13)2-3-8-6-9(11(14)15)4-5-10(8)12(16)17;9-6-3-4(7(10)11)1-2-5(6)8(12)13;1-4-2-3-4/h4-7H,2-3,13H2,1H3,(H,14,15)(H,16,17);1-3H,9H2,(H,10,11)(H,12,13);4H,2-3H2,1H3/p-2. The van der Waals surface area contributed by atoms with Gasteiger partial charge in [-0.1, -0.05) is 31.9 Å². The number of anilines is 1. The van der Waals surface area contributed by atoms with E-state index in [1.54, 1.807) is 0 Å². The summed E-state index contributed by atoms with van der Waals surface area (Å²) in [5, 5.41) is 38.5. The van der Waals surface area contributed by atoms with Crippen LogP contribution in [0.15, 0.2) is 36.4 Å². The average Bonchev–Trinajstić information content (AvgIpc) is 3.54. The summed E-state index contributed by atoms with van der Waals surface area (Å²) in [4.78, 5) is 42.4.